The Morgan fingerprint density at radius 1 is 1.33 bits per heavy atom. The van der Waals surface area contributed by atoms with Crippen molar-refractivity contribution in [2.75, 3.05) is 53.0 Å². The van der Waals surface area contributed by atoms with Gasteiger partial charge in [0.15, 0.2) is 5.96 Å². The third kappa shape index (κ3) is 7.62. The van der Waals surface area contributed by atoms with Crippen LogP contribution in [0, 0.1) is 0 Å². The monoisotopic (exact) mass is 467 g/mol. The first-order valence-electron chi connectivity index (χ1n) is 8.38. The van der Waals surface area contributed by atoms with Crippen LogP contribution in [0.25, 0.3) is 0 Å². The standard InChI is InChI=1S/C16H29N5OS.HI/c1-13(2)15-20-14(12-23-15)4-5-18-16(17-3)19-6-7-21-8-10-22-11-9-21;/h12-13H,4-11H2,1-3H3,(H2,17,18,19);1H. The summed E-state index contributed by atoms with van der Waals surface area (Å²) in [4.78, 5) is 11.3. The van der Waals surface area contributed by atoms with E-state index < -0.39 is 0 Å². The fourth-order valence-electron chi connectivity index (χ4n) is 2.39. The Labute approximate surface area is 166 Å². The minimum Gasteiger partial charge on any atom is -0.379 e. The van der Waals surface area contributed by atoms with E-state index >= 15 is 0 Å². The van der Waals surface area contributed by atoms with E-state index in [1.54, 1.807) is 11.3 Å². The number of guanidine groups is 1. The second-order valence-corrected chi connectivity index (χ2v) is 6.85. The predicted molar refractivity (Wildman–Crippen MR) is 112 cm³/mol. The fourth-order valence-corrected chi connectivity index (χ4v) is 3.26. The van der Waals surface area contributed by atoms with Crippen LogP contribution >= 0.6 is 35.3 Å². The van der Waals surface area contributed by atoms with E-state index in [1.165, 1.54) is 5.01 Å². The zero-order valence-corrected chi connectivity index (χ0v) is 18.0. The van der Waals surface area contributed by atoms with Gasteiger partial charge in [0.2, 0.25) is 0 Å². The second kappa shape index (κ2) is 12.0. The topological polar surface area (TPSA) is 61.8 Å². The number of aliphatic imine (C=N–C) groups is 1. The molecule has 6 nitrogen and oxygen atoms in total. The van der Waals surface area contributed by atoms with Gasteiger partial charge >= 0.3 is 0 Å². The Bertz CT molecular complexity index is 489. The van der Waals surface area contributed by atoms with Gasteiger partial charge in [-0.1, -0.05) is 13.8 Å². The quantitative estimate of drug-likeness (QED) is 0.365. The second-order valence-electron chi connectivity index (χ2n) is 5.96. The minimum atomic E-state index is 0. The molecule has 0 amide bonds. The molecule has 2 heterocycles. The highest BCUT2D eigenvalue weighted by molar-refractivity contribution is 14.0. The molecule has 0 spiro atoms. The van der Waals surface area contributed by atoms with Crippen molar-refractivity contribution in [1.82, 2.24) is 20.5 Å². The van der Waals surface area contributed by atoms with Crippen LogP contribution in [0.2, 0.25) is 0 Å². The van der Waals surface area contributed by atoms with Crippen molar-refractivity contribution in [3.05, 3.63) is 16.1 Å². The molecule has 1 fully saturated rings. The molecule has 8 heteroatoms. The number of rotatable bonds is 7. The van der Waals surface area contributed by atoms with Gasteiger partial charge in [-0.3, -0.25) is 9.89 Å². The number of halogens is 1. The maximum absolute atomic E-state index is 5.36. The molecule has 1 aromatic rings. The van der Waals surface area contributed by atoms with Crippen LogP contribution in [0.1, 0.15) is 30.5 Å². The summed E-state index contributed by atoms with van der Waals surface area (Å²) in [6.07, 6.45) is 0.924. The van der Waals surface area contributed by atoms with Gasteiger partial charge in [0.05, 0.1) is 23.9 Å². The van der Waals surface area contributed by atoms with Gasteiger partial charge in [0, 0.05) is 57.5 Å². The molecule has 0 aromatic carbocycles. The first-order valence-corrected chi connectivity index (χ1v) is 9.26. The van der Waals surface area contributed by atoms with Gasteiger partial charge in [-0.15, -0.1) is 35.3 Å². The number of ether oxygens (including phenoxy) is 1. The lowest BCUT2D eigenvalue weighted by Crippen LogP contribution is -2.44. The highest BCUT2D eigenvalue weighted by Crippen LogP contribution is 2.19. The van der Waals surface area contributed by atoms with Gasteiger partial charge in [0.1, 0.15) is 0 Å². The van der Waals surface area contributed by atoms with E-state index in [2.05, 4.69) is 44.7 Å². The van der Waals surface area contributed by atoms with Gasteiger partial charge in [-0.05, 0) is 0 Å². The molecular weight excluding hydrogens is 437 g/mol. The summed E-state index contributed by atoms with van der Waals surface area (Å²) in [6.45, 7) is 10.9. The van der Waals surface area contributed by atoms with Crippen LogP contribution in [0.4, 0.5) is 0 Å². The van der Waals surface area contributed by atoms with E-state index in [-0.39, 0.29) is 24.0 Å². The van der Waals surface area contributed by atoms with Crippen molar-refractivity contribution in [3.63, 3.8) is 0 Å². The number of nitrogens with zero attached hydrogens (tertiary/aromatic N) is 3. The molecule has 0 unspecified atom stereocenters. The SMILES string of the molecule is CN=C(NCCc1csc(C(C)C)n1)NCCN1CCOCC1.I. The molecule has 1 aliphatic rings. The lowest BCUT2D eigenvalue weighted by molar-refractivity contribution is 0.0389. The van der Waals surface area contributed by atoms with Crippen LogP contribution in [-0.4, -0.2) is 68.8 Å². The Kier molecular flexibility index (Phi) is 10.8. The third-order valence-corrected chi connectivity index (χ3v) is 4.98. The highest BCUT2D eigenvalue weighted by atomic mass is 127. The number of nitrogens with one attached hydrogen (secondary N) is 2. The highest BCUT2D eigenvalue weighted by Gasteiger charge is 2.10. The van der Waals surface area contributed by atoms with E-state index in [4.69, 9.17) is 4.74 Å². The van der Waals surface area contributed by atoms with E-state index in [9.17, 15) is 0 Å². The Morgan fingerprint density at radius 2 is 2.04 bits per heavy atom. The molecular formula is C16H30IN5OS. The molecule has 0 aliphatic carbocycles. The molecule has 0 bridgehead atoms. The van der Waals surface area contributed by atoms with E-state index in [0.29, 0.717) is 5.92 Å². The third-order valence-electron chi connectivity index (χ3n) is 3.78. The summed E-state index contributed by atoms with van der Waals surface area (Å²) in [7, 11) is 1.81. The van der Waals surface area contributed by atoms with Crippen LogP contribution in [0.15, 0.2) is 10.4 Å². The first kappa shape index (κ1) is 21.6. The zero-order chi connectivity index (χ0) is 16.5. The molecule has 138 valence electrons. The van der Waals surface area contributed by atoms with E-state index in [0.717, 1.165) is 64.0 Å². The number of hydrogen-bond acceptors (Lipinski definition) is 5. The molecule has 24 heavy (non-hydrogen) atoms. The summed E-state index contributed by atoms with van der Waals surface area (Å²) in [5.74, 6) is 1.37. The molecule has 0 atom stereocenters. The van der Waals surface area contributed by atoms with Gasteiger partial charge in [0.25, 0.3) is 0 Å². The number of aromatic nitrogens is 1. The normalized spacial score (nSPS) is 16.1. The lowest BCUT2D eigenvalue weighted by atomic mass is 10.2. The summed E-state index contributed by atoms with van der Waals surface area (Å²) < 4.78 is 5.36. The van der Waals surface area contributed by atoms with Crippen LogP contribution in [0.3, 0.4) is 0 Å². The Hall–Kier alpha value is -0.450. The molecule has 2 rings (SSSR count). The number of thiazole rings is 1. The van der Waals surface area contributed by atoms with Crippen molar-refractivity contribution in [2.24, 2.45) is 4.99 Å². The minimum absolute atomic E-state index is 0. The smallest absolute Gasteiger partial charge is 0.191 e. The van der Waals surface area contributed by atoms with Gasteiger partial charge in [-0.25, -0.2) is 4.98 Å². The summed E-state index contributed by atoms with van der Waals surface area (Å²) in [6, 6.07) is 0. The largest absolute Gasteiger partial charge is 0.379 e. The first-order chi connectivity index (χ1) is 11.2. The zero-order valence-electron chi connectivity index (χ0n) is 14.9. The number of morpholine rings is 1. The maximum atomic E-state index is 5.36. The Balaban J connectivity index is 0.00000288. The average molecular weight is 467 g/mol. The molecule has 1 saturated heterocycles. The predicted octanol–water partition coefficient (Wildman–Crippen LogP) is 1.92. The van der Waals surface area contributed by atoms with E-state index in [1.807, 2.05) is 7.05 Å². The van der Waals surface area contributed by atoms with Gasteiger partial charge < -0.3 is 15.4 Å². The Morgan fingerprint density at radius 3 is 2.67 bits per heavy atom. The van der Waals surface area contributed by atoms with Crippen molar-refractivity contribution in [3.8, 4) is 0 Å². The van der Waals surface area contributed by atoms with Gasteiger partial charge in [-0.2, -0.15) is 0 Å². The van der Waals surface area contributed by atoms with Crippen molar-refractivity contribution < 1.29 is 4.74 Å². The molecule has 0 saturated carbocycles. The average Bonchev–Trinajstić information content (AvgIpc) is 3.03. The lowest BCUT2D eigenvalue weighted by Gasteiger charge is -2.26. The van der Waals surface area contributed by atoms with Crippen LogP contribution in [0.5, 0.6) is 0 Å². The summed E-state index contributed by atoms with van der Waals surface area (Å²) in [5, 5.41) is 10.1. The summed E-state index contributed by atoms with van der Waals surface area (Å²) in [5.41, 5.74) is 1.16. The number of hydrogen-bond donors (Lipinski definition) is 2. The molecule has 1 aromatic heterocycles. The molecule has 0 radical (unpaired) electrons. The molecule has 1 aliphatic heterocycles. The van der Waals surface area contributed by atoms with Crippen LogP contribution < -0.4 is 10.6 Å². The molecule has 2 N–H and O–H groups in total. The fraction of sp³-hybridized carbons (Fsp3) is 0.750. The summed E-state index contributed by atoms with van der Waals surface area (Å²) >= 11 is 1.75. The van der Waals surface area contributed by atoms with Crippen molar-refractivity contribution in [2.45, 2.75) is 26.2 Å². The maximum Gasteiger partial charge on any atom is 0.191 e. The van der Waals surface area contributed by atoms with Crippen molar-refractivity contribution in [1.29, 1.82) is 0 Å². The van der Waals surface area contributed by atoms with Crippen LogP contribution in [-0.2, 0) is 11.2 Å². The van der Waals surface area contributed by atoms with Crippen molar-refractivity contribution >= 4 is 41.3 Å².